The van der Waals surface area contributed by atoms with E-state index in [2.05, 4.69) is 35.7 Å². The van der Waals surface area contributed by atoms with Crippen molar-refractivity contribution in [3.63, 3.8) is 0 Å². The number of carbonyl (C=O) groups excluding carboxylic acids is 1. The Kier molecular flexibility index (Phi) is 4.77. The highest BCUT2D eigenvalue weighted by Crippen LogP contribution is 2.32. The molecule has 0 atom stereocenters. The van der Waals surface area contributed by atoms with Crippen LogP contribution in [0.2, 0.25) is 0 Å². The van der Waals surface area contributed by atoms with Gasteiger partial charge in [0.2, 0.25) is 5.91 Å². The second kappa shape index (κ2) is 7.38. The maximum Gasteiger partial charge on any atom is 0.246 e. The van der Waals surface area contributed by atoms with Crippen LogP contribution in [0.15, 0.2) is 55.1 Å². The van der Waals surface area contributed by atoms with E-state index in [-0.39, 0.29) is 5.91 Å². The molecular weight excluding hydrogens is 352 g/mol. The molecule has 2 aromatic carbocycles. The molecule has 1 fully saturated rings. The molecule has 1 saturated heterocycles. The molecule has 6 nitrogen and oxygen atoms in total. The number of piperazine rings is 1. The lowest BCUT2D eigenvalue weighted by Gasteiger charge is -2.35. The van der Waals surface area contributed by atoms with Crippen molar-refractivity contribution < 1.29 is 9.53 Å². The summed E-state index contributed by atoms with van der Waals surface area (Å²) in [5.41, 5.74) is 3.17. The van der Waals surface area contributed by atoms with Crippen LogP contribution in [0.25, 0.3) is 22.0 Å². The lowest BCUT2D eigenvalue weighted by atomic mass is 10.0. The lowest BCUT2D eigenvalue weighted by molar-refractivity contribution is -0.126. The summed E-state index contributed by atoms with van der Waals surface area (Å²) in [6, 6.07) is 14.4. The second-order valence-corrected chi connectivity index (χ2v) is 6.93. The van der Waals surface area contributed by atoms with Crippen LogP contribution < -0.4 is 9.64 Å². The van der Waals surface area contributed by atoms with E-state index >= 15 is 0 Å². The third kappa shape index (κ3) is 3.22. The summed E-state index contributed by atoms with van der Waals surface area (Å²) in [7, 11) is 3.65. The Morgan fingerprint density at radius 1 is 1.11 bits per heavy atom. The number of fused-ring (bicyclic) bond motifs is 1. The number of methoxy groups -OCH3 is 1. The van der Waals surface area contributed by atoms with E-state index in [1.54, 1.807) is 7.11 Å². The largest absolute Gasteiger partial charge is 0.497 e. The minimum Gasteiger partial charge on any atom is -0.497 e. The van der Waals surface area contributed by atoms with Crippen molar-refractivity contribution in [3.8, 4) is 16.9 Å². The molecule has 1 amide bonds. The summed E-state index contributed by atoms with van der Waals surface area (Å²) >= 11 is 0. The van der Waals surface area contributed by atoms with Gasteiger partial charge in [0.05, 0.1) is 12.6 Å². The quantitative estimate of drug-likeness (QED) is 0.657. The molecule has 0 saturated carbocycles. The summed E-state index contributed by atoms with van der Waals surface area (Å²) in [4.78, 5) is 16.0. The van der Waals surface area contributed by atoms with Gasteiger partial charge < -0.3 is 14.5 Å². The highest BCUT2D eigenvalue weighted by Gasteiger charge is 2.23. The number of nitrogens with zero attached hydrogens (tertiary/aromatic N) is 4. The van der Waals surface area contributed by atoms with E-state index in [1.807, 2.05) is 34.8 Å². The second-order valence-electron chi connectivity index (χ2n) is 6.93. The van der Waals surface area contributed by atoms with Gasteiger partial charge in [0.15, 0.2) is 0 Å². The standard InChI is InChI=1S/C22H24N4O2/c1-4-21(27)25-10-12-26(13-11-25)22-19-9-8-17(15-20(19)23-24(22)2)16-6-5-7-18(14-16)28-3/h4-9,14-15H,1,10-13H2,2-3H3. The Balaban J connectivity index is 1.63. The molecule has 0 spiro atoms. The molecule has 4 rings (SSSR count). The zero-order chi connectivity index (χ0) is 19.7. The third-order valence-corrected chi connectivity index (χ3v) is 5.27. The molecule has 1 aromatic heterocycles. The van der Waals surface area contributed by atoms with Crippen molar-refractivity contribution in [3.05, 3.63) is 55.1 Å². The number of rotatable bonds is 4. The van der Waals surface area contributed by atoms with Gasteiger partial charge in [-0.3, -0.25) is 9.48 Å². The zero-order valence-corrected chi connectivity index (χ0v) is 16.3. The molecular formula is C22H24N4O2. The number of hydrogen-bond acceptors (Lipinski definition) is 4. The number of aromatic nitrogens is 2. The van der Waals surface area contributed by atoms with E-state index in [0.717, 1.165) is 46.7 Å². The molecule has 1 aliphatic heterocycles. The van der Waals surface area contributed by atoms with Crippen molar-refractivity contribution in [1.29, 1.82) is 0 Å². The van der Waals surface area contributed by atoms with Gasteiger partial charge in [-0.15, -0.1) is 0 Å². The number of aryl methyl sites for hydroxylation is 1. The van der Waals surface area contributed by atoms with E-state index < -0.39 is 0 Å². The van der Waals surface area contributed by atoms with Gasteiger partial charge in [-0.2, -0.15) is 5.10 Å². The van der Waals surface area contributed by atoms with Gasteiger partial charge in [-0.05, 0) is 41.5 Å². The number of benzene rings is 2. The summed E-state index contributed by atoms with van der Waals surface area (Å²) in [5, 5.41) is 5.86. The van der Waals surface area contributed by atoms with Gasteiger partial charge in [0.1, 0.15) is 11.6 Å². The Morgan fingerprint density at radius 3 is 2.57 bits per heavy atom. The van der Waals surface area contributed by atoms with Crippen LogP contribution in [0.4, 0.5) is 5.82 Å². The Bertz CT molecular complexity index is 1030. The third-order valence-electron chi connectivity index (χ3n) is 5.27. The normalized spacial score (nSPS) is 14.4. The van der Waals surface area contributed by atoms with E-state index in [9.17, 15) is 4.79 Å². The molecule has 0 radical (unpaired) electrons. The number of carbonyl (C=O) groups is 1. The van der Waals surface area contributed by atoms with Gasteiger partial charge in [0.25, 0.3) is 0 Å². The van der Waals surface area contributed by atoms with Crippen LogP contribution in [0.1, 0.15) is 0 Å². The first-order valence-electron chi connectivity index (χ1n) is 9.38. The van der Waals surface area contributed by atoms with E-state index in [0.29, 0.717) is 13.1 Å². The van der Waals surface area contributed by atoms with Crippen molar-refractivity contribution in [2.24, 2.45) is 7.05 Å². The summed E-state index contributed by atoms with van der Waals surface area (Å²) in [6.45, 7) is 6.53. The summed E-state index contributed by atoms with van der Waals surface area (Å²) in [6.07, 6.45) is 1.38. The first-order valence-corrected chi connectivity index (χ1v) is 9.38. The summed E-state index contributed by atoms with van der Waals surface area (Å²) in [5.74, 6) is 1.93. The average molecular weight is 376 g/mol. The Labute approximate surface area is 164 Å². The van der Waals surface area contributed by atoms with Crippen LogP contribution in [-0.4, -0.2) is 53.9 Å². The highest BCUT2D eigenvalue weighted by molar-refractivity contribution is 5.94. The number of anilines is 1. The van der Waals surface area contributed by atoms with E-state index in [1.165, 1.54) is 6.08 Å². The molecule has 28 heavy (non-hydrogen) atoms. The number of amides is 1. The predicted octanol–water partition coefficient (Wildman–Crippen LogP) is 3.08. The van der Waals surface area contributed by atoms with Gasteiger partial charge in [-0.1, -0.05) is 24.8 Å². The lowest BCUT2D eigenvalue weighted by Crippen LogP contribution is -2.48. The van der Waals surface area contributed by atoms with Gasteiger partial charge in [0, 0.05) is 38.6 Å². The zero-order valence-electron chi connectivity index (χ0n) is 16.3. The molecule has 6 heteroatoms. The molecule has 144 valence electrons. The van der Waals surface area contributed by atoms with Crippen LogP contribution in [0.3, 0.4) is 0 Å². The molecule has 0 bridgehead atoms. The van der Waals surface area contributed by atoms with Crippen LogP contribution in [0, 0.1) is 0 Å². The number of hydrogen-bond donors (Lipinski definition) is 0. The first-order chi connectivity index (χ1) is 13.6. The Morgan fingerprint density at radius 2 is 1.86 bits per heavy atom. The van der Waals surface area contributed by atoms with Crippen LogP contribution in [-0.2, 0) is 11.8 Å². The maximum absolute atomic E-state index is 11.8. The molecule has 2 heterocycles. The Hall–Kier alpha value is -3.28. The maximum atomic E-state index is 11.8. The van der Waals surface area contributed by atoms with Crippen molar-refractivity contribution in [1.82, 2.24) is 14.7 Å². The highest BCUT2D eigenvalue weighted by atomic mass is 16.5. The molecule has 0 N–H and O–H groups in total. The monoisotopic (exact) mass is 376 g/mol. The van der Waals surface area contributed by atoms with Crippen LogP contribution >= 0.6 is 0 Å². The smallest absolute Gasteiger partial charge is 0.246 e. The van der Waals surface area contributed by atoms with Crippen molar-refractivity contribution in [2.45, 2.75) is 0 Å². The molecule has 0 aliphatic carbocycles. The van der Waals surface area contributed by atoms with Gasteiger partial charge >= 0.3 is 0 Å². The topological polar surface area (TPSA) is 50.6 Å². The minimum absolute atomic E-state index is 0.00237. The van der Waals surface area contributed by atoms with Crippen molar-refractivity contribution in [2.75, 3.05) is 38.2 Å². The summed E-state index contributed by atoms with van der Waals surface area (Å²) < 4.78 is 7.27. The van der Waals surface area contributed by atoms with E-state index in [4.69, 9.17) is 9.84 Å². The molecule has 1 aliphatic rings. The number of ether oxygens (including phenoxy) is 1. The average Bonchev–Trinajstić information content (AvgIpc) is 3.08. The molecule has 3 aromatic rings. The fraction of sp³-hybridized carbons (Fsp3) is 0.273. The minimum atomic E-state index is -0.00237. The van der Waals surface area contributed by atoms with Crippen LogP contribution in [0.5, 0.6) is 5.75 Å². The van der Waals surface area contributed by atoms with Crippen molar-refractivity contribution >= 4 is 22.6 Å². The first kappa shape index (κ1) is 18.1. The van der Waals surface area contributed by atoms with Gasteiger partial charge in [-0.25, -0.2) is 0 Å². The fourth-order valence-electron chi connectivity index (χ4n) is 3.81. The fourth-order valence-corrected chi connectivity index (χ4v) is 3.81. The molecule has 0 unspecified atom stereocenters. The SMILES string of the molecule is C=CC(=O)N1CCN(c2c3ccc(-c4cccc(OC)c4)cc3nn2C)CC1. The predicted molar refractivity (Wildman–Crippen MR) is 112 cm³/mol.